The van der Waals surface area contributed by atoms with Gasteiger partial charge in [-0.2, -0.15) is 4.31 Å². The van der Waals surface area contributed by atoms with Gasteiger partial charge in [0.2, 0.25) is 10.0 Å². The molecule has 0 atom stereocenters. The number of aromatic nitrogens is 1. The second-order valence-corrected chi connectivity index (χ2v) is 9.50. The Kier molecular flexibility index (Phi) is 5.18. The van der Waals surface area contributed by atoms with Crippen molar-refractivity contribution in [3.05, 3.63) is 47.8 Å². The minimum Gasteiger partial charge on any atom is -0.349 e. The van der Waals surface area contributed by atoms with Crippen LogP contribution < -0.4 is 10.6 Å². The van der Waals surface area contributed by atoms with E-state index in [-0.39, 0.29) is 22.5 Å². The molecule has 2 heterocycles. The smallest absolute Gasteiger partial charge is 0.272 e. The minimum absolute atomic E-state index is 0.121. The van der Waals surface area contributed by atoms with Crippen LogP contribution in [0, 0.1) is 0 Å². The zero-order valence-electron chi connectivity index (χ0n) is 16.2. The van der Waals surface area contributed by atoms with Crippen molar-refractivity contribution < 1.29 is 18.0 Å². The highest BCUT2D eigenvalue weighted by Gasteiger charge is 2.29. The minimum atomic E-state index is -3.58. The van der Waals surface area contributed by atoms with Gasteiger partial charge in [-0.1, -0.05) is 0 Å². The number of sulfonamides is 1. The van der Waals surface area contributed by atoms with Gasteiger partial charge in [0.1, 0.15) is 10.6 Å². The van der Waals surface area contributed by atoms with Crippen LogP contribution in [0.3, 0.4) is 0 Å². The molecule has 1 aliphatic carbocycles. The number of carbonyl (C=O) groups excluding carboxylic acids is 2. The molecular weight excluding hydrogens is 392 g/mol. The molecule has 8 nitrogen and oxygen atoms in total. The molecule has 1 aromatic carbocycles. The van der Waals surface area contributed by atoms with Crippen LogP contribution in [0.5, 0.6) is 0 Å². The van der Waals surface area contributed by atoms with Gasteiger partial charge in [-0.25, -0.2) is 8.42 Å². The van der Waals surface area contributed by atoms with Crippen molar-refractivity contribution in [2.24, 2.45) is 7.05 Å². The lowest BCUT2D eigenvalue weighted by atomic mass is 10.2. The monoisotopic (exact) mass is 416 g/mol. The molecule has 154 valence electrons. The maximum atomic E-state index is 12.7. The number of nitrogens with zero attached hydrogens (tertiary/aromatic N) is 2. The molecule has 1 saturated carbocycles. The summed E-state index contributed by atoms with van der Waals surface area (Å²) < 4.78 is 28.4. The molecule has 2 N–H and O–H groups in total. The summed E-state index contributed by atoms with van der Waals surface area (Å²) >= 11 is 0. The van der Waals surface area contributed by atoms with E-state index in [2.05, 4.69) is 10.6 Å². The van der Waals surface area contributed by atoms with Crippen molar-refractivity contribution in [1.29, 1.82) is 0 Å². The van der Waals surface area contributed by atoms with E-state index < -0.39 is 15.9 Å². The van der Waals surface area contributed by atoms with Crippen LogP contribution in [-0.2, 0) is 17.1 Å². The van der Waals surface area contributed by atoms with Crippen molar-refractivity contribution in [3.8, 4) is 0 Å². The summed E-state index contributed by atoms with van der Waals surface area (Å²) in [6, 6.07) is 8.31. The quantitative estimate of drug-likeness (QED) is 0.752. The molecular formula is C20H24N4O4S. The molecule has 29 heavy (non-hydrogen) atoms. The summed E-state index contributed by atoms with van der Waals surface area (Å²) in [4.78, 5) is 24.8. The number of nitrogens with one attached hydrogen (secondary N) is 2. The summed E-state index contributed by atoms with van der Waals surface area (Å²) in [6.45, 7) is 1.03. The number of amides is 2. The number of hydrogen-bond acceptors (Lipinski definition) is 4. The number of carbonyl (C=O) groups is 2. The molecule has 1 saturated heterocycles. The van der Waals surface area contributed by atoms with E-state index in [4.69, 9.17) is 0 Å². The molecule has 1 aromatic heterocycles. The fourth-order valence-electron chi connectivity index (χ4n) is 3.38. The SMILES string of the molecule is Cn1cc(S(=O)(=O)N2CCCC2)cc1C(=O)Nc1ccc(C(=O)NC2CC2)cc1. The zero-order valence-corrected chi connectivity index (χ0v) is 17.0. The lowest BCUT2D eigenvalue weighted by Gasteiger charge is -2.13. The molecule has 2 aromatic rings. The Morgan fingerprint density at radius 3 is 2.31 bits per heavy atom. The summed E-state index contributed by atoms with van der Waals surface area (Å²) in [5.74, 6) is -0.532. The van der Waals surface area contributed by atoms with Gasteiger partial charge in [0, 0.05) is 43.6 Å². The van der Waals surface area contributed by atoms with E-state index in [1.165, 1.54) is 21.1 Å². The van der Waals surface area contributed by atoms with Crippen LogP contribution in [0.25, 0.3) is 0 Å². The number of hydrogen-bond donors (Lipinski definition) is 2. The number of rotatable bonds is 6. The second-order valence-electron chi connectivity index (χ2n) is 7.56. The lowest BCUT2D eigenvalue weighted by Crippen LogP contribution is -2.27. The third-order valence-corrected chi connectivity index (χ3v) is 7.10. The van der Waals surface area contributed by atoms with Gasteiger partial charge < -0.3 is 15.2 Å². The molecule has 0 radical (unpaired) electrons. The van der Waals surface area contributed by atoms with E-state index in [0.29, 0.717) is 24.3 Å². The molecule has 2 amide bonds. The Balaban J connectivity index is 1.45. The maximum absolute atomic E-state index is 12.7. The summed E-state index contributed by atoms with van der Waals surface area (Å²) in [7, 11) is -1.94. The average molecular weight is 417 g/mol. The van der Waals surface area contributed by atoms with Crippen molar-refractivity contribution in [1.82, 2.24) is 14.2 Å². The zero-order chi connectivity index (χ0) is 20.6. The Labute approximate surface area is 169 Å². The standard InChI is InChI=1S/C20H24N4O4S/c1-23-13-17(29(27,28)24-10-2-3-11-24)12-18(23)20(26)22-15-6-4-14(5-7-15)19(25)21-16-8-9-16/h4-7,12-13,16H,2-3,8-11H2,1H3,(H,21,25)(H,22,26). The maximum Gasteiger partial charge on any atom is 0.272 e. The van der Waals surface area contributed by atoms with Gasteiger partial charge >= 0.3 is 0 Å². The van der Waals surface area contributed by atoms with Crippen molar-refractivity contribution in [3.63, 3.8) is 0 Å². The second kappa shape index (κ2) is 7.64. The van der Waals surface area contributed by atoms with Gasteiger partial charge in [0.05, 0.1) is 0 Å². The van der Waals surface area contributed by atoms with E-state index in [0.717, 1.165) is 25.7 Å². The van der Waals surface area contributed by atoms with Crippen LogP contribution in [0.15, 0.2) is 41.4 Å². The Bertz CT molecular complexity index is 1030. The average Bonchev–Trinajstić information content (AvgIpc) is 3.17. The first-order chi connectivity index (χ1) is 13.8. The Morgan fingerprint density at radius 2 is 1.69 bits per heavy atom. The van der Waals surface area contributed by atoms with Crippen molar-refractivity contribution in [2.75, 3.05) is 18.4 Å². The fraction of sp³-hybridized carbons (Fsp3) is 0.400. The summed E-state index contributed by atoms with van der Waals surface area (Å²) in [6.07, 6.45) is 5.22. The van der Waals surface area contributed by atoms with Gasteiger partial charge in [-0.3, -0.25) is 9.59 Å². The largest absolute Gasteiger partial charge is 0.349 e. The molecule has 0 spiro atoms. The first-order valence-electron chi connectivity index (χ1n) is 9.73. The first-order valence-corrected chi connectivity index (χ1v) is 11.2. The summed E-state index contributed by atoms with van der Waals surface area (Å²) in [5, 5.41) is 5.67. The van der Waals surface area contributed by atoms with Gasteiger partial charge in [0.25, 0.3) is 11.8 Å². The van der Waals surface area contributed by atoms with Gasteiger partial charge in [-0.15, -0.1) is 0 Å². The predicted octanol–water partition coefficient (Wildman–Crippen LogP) is 1.95. The number of anilines is 1. The van der Waals surface area contributed by atoms with Crippen LogP contribution in [0.4, 0.5) is 5.69 Å². The topological polar surface area (TPSA) is 101 Å². The predicted molar refractivity (Wildman–Crippen MR) is 108 cm³/mol. The molecule has 0 unspecified atom stereocenters. The molecule has 0 bridgehead atoms. The number of aryl methyl sites for hydroxylation is 1. The van der Waals surface area contributed by atoms with E-state index in [1.807, 2.05) is 0 Å². The Morgan fingerprint density at radius 1 is 1.03 bits per heavy atom. The highest BCUT2D eigenvalue weighted by Crippen LogP contribution is 2.23. The third-order valence-electron chi connectivity index (χ3n) is 5.23. The fourth-order valence-corrected chi connectivity index (χ4v) is 4.96. The van der Waals surface area contributed by atoms with Crippen molar-refractivity contribution >= 4 is 27.5 Å². The van der Waals surface area contributed by atoms with Crippen LogP contribution >= 0.6 is 0 Å². The van der Waals surface area contributed by atoms with E-state index >= 15 is 0 Å². The summed E-state index contributed by atoms with van der Waals surface area (Å²) in [5.41, 5.74) is 1.31. The molecule has 2 fully saturated rings. The lowest BCUT2D eigenvalue weighted by molar-refractivity contribution is 0.0950. The molecule has 9 heteroatoms. The first kappa shape index (κ1) is 19.7. The highest BCUT2D eigenvalue weighted by atomic mass is 32.2. The number of benzene rings is 1. The van der Waals surface area contributed by atoms with E-state index in [9.17, 15) is 18.0 Å². The van der Waals surface area contributed by atoms with Gasteiger partial charge in [0.15, 0.2) is 0 Å². The highest BCUT2D eigenvalue weighted by molar-refractivity contribution is 7.89. The van der Waals surface area contributed by atoms with Crippen LogP contribution in [-0.4, -0.2) is 48.2 Å². The van der Waals surface area contributed by atoms with E-state index in [1.54, 1.807) is 31.3 Å². The van der Waals surface area contributed by atoms with Gasteiger partial charge in [-0.05, 0) is 56.0 Å². The molecule has 2 aliphatic rings. The van der Waals surface area contributed by atoms with Crippen LogP contribution in [0.2, 0.25) is 0 Å². The van der Waals surface area contributed by atoms with Crippen molar-refractivity contribution in [2.45, 2.75) is 36.6 Å². The third kappa shape index (κ3) is 4.20. The van der Waals surface area contributed by atoms with Crippen LogP contribution in [0.1, 0.15) is 46.5 Å². The normalized spacial score (nSPS) is 17.3. The molecule has 4 rings (SSSR count). The molecule has 1 aliphatic heterocycles. The Hall–Kier alpha value is -2.65.